The zero-order valence-corrected chi connectivity index (χ0v) is 38.9. The summed E-state index contributed by atoms with van der Waals surface area (Å²) in [6.07, 6.45) is 9.57. The molecule has 2 unspecified atom stereocenters. The van der Waals surface area contributed by atoms with Crippen LogP contribution >= 0.6 is 0 Å². The van der Waals surface area contributed by atoms with Crippen molar-refractivity contribution in [1.82, 2.24) is 42.7 Å². The van der Waals surface area contributed by atoms with Crippen LogP contribution in [0.1, 0.15) is 138 Å². The molecule has 23 heteroatoms. The first-order chi connectivity index (χ1) is 30.5. The largest absolute Gasteiger partial charge is 0.481 e. The van der Waals surface area contributed by atoms with Gasteiger partial charge in [0.05, 0.1) is 39.4 Å². The molecular weight excluding hydrogens is 857 g/mol. The molecule has 0 bridgehead atoms. The van der Waals surface area contributed by atoms with Gasteiger partial charge in [-0.2, -0.15) is 5.48 Å². The standard InChI is InChI=1S/C42H74N8O15/c1-41(2,3)64-39(61)29(48-31(52)18-16-14-12-10-8-7-9-11-13-15-17-19-37(58)59)20-21-32(53)49-30(28-51)38(60)47-27-36(57)46-26-35(56)45-25-34(55)44-24-33(54)43-22-23-63-50-40(62)65-42(4,5)6/h29-30,51H,7-28H2,1-6H3,(H,43,54)(H,44,55)(H,45,56)(H,46,57)(H,47,60)(H,48,52)(H,49,53)(H,50,62)(H,58,59). The van der Waals surface area contributed by atoms with Gasteiger partial charge < -0.3 is 56.9 Å². The van der Waals surface area contributed by atoms with Crippen molar-refractivity contribution in [2.45, 2.75) is 161 Å². The van der Waals surface area contributed by atoms with Crippen LogP contribution in [0.25, 0.3) is 0 Å². The molecule has 23 nitrogen and oxygen atoms in total. The van der Waals surface area contributed by atoms with E-state index in [1.807, 2.05) is 5.48 Å². The molecule has 65 heavy (non-hydrogen) atoms. The summed E-state index contributed by atoms with van der Waals surface area (Å²) < 4.78 is 10.4. The number of aliphatic carboxylic acids is 1. The fraction of sp³-hybridized carbons (Fsp3) is 0.762. The molecule has 0 rings (SSSR count). The number of aliphatic hydroxyl groups is 1. The number of carboxylic acids is 1. The molecule has 0 aromatic rings. The Morgan fingerprint density at radius 3 is 1.37 bits per heavy atom. The Morgan fingerprint density at radius 1 is 0.492 bits per heavy atom. The number of hydrogen-bond donors (Lipinski definition) is 10. The predicted octanol–water partition coefficient (Wildman–Crippen LogP) is 0.263. The van der Waals surface area contributed by atoms with Crippen molar-refractivity contribution in [1.29, 1.82) is 0 Å². The zero-order valence-electron chi connectivity index (χ0n) is 38.9. The topological polar surface area (TPSA) is 335 Å². The van der Waals surface area contributed by atoms with E-state index in [9.17, 15) is 53.1 Å². The summed E-state index contributed by atoms with van der Waals surface area (Å²) in [5, 5.41) is 34.8. The molecule has 2 atom stereocenters. The highest BCUT2D eigenvalue weighted by molar-refractivity contribution is 5.93. The Bertz CT molecular complexity index is 1530. The highest BCUT2D eigenvalue weighted by atomic mass is 16.7. The van der Waals surface area contributed by atoms with Crippen LogP contribution in [0.2, 0.25) is 0 Å². The van der Waals surface area contributed by atoms with Crippen LogP contribution in [0.5, 0.6) is 0 Å². The van der Waals surface area contributed by atoms with Gasteiger partial charge in [0, 0.05) is 25.8 Å². The van der Waals surface area contributed by atoms with Gasteiger partial charge in [-0.05, 0) is 60.8 Å². The molecule has 0 saturated heterocycles. The van der Waals surface area contributed by atoms with Crippen molar-refractivity contribution < 1.29 is 72.5 Å². The number of unbranched alkanes of at least 4 members (excludes halogenated alkanes) is 10. The van der Waals surface area contributed by atoms with Crippen molar-refractivity contribution in [3.05, 3.63) is 0 Å². The minimum Gasteiger partial charge on any atom is -0.481 e. The van der Waals surface area contributed by atoms with Crippen LogP contribution in [0.15, 0.2) is 0 Å². The average Bonchev–Trinajstić information content (AvgIpc) is 3.21. The fourth-order valence-corrected chi connectivity index (χ4v) is 5.50. The predicted molar refractivity (Wildman–Crippen MR) is 234 cm³/mol. The molecular formula is C42H74N8O15. The van der Waals surface area contributed by atoms with Crippen LogP contribution in [0.4, 0.5) is 4.79 Å². The van der Waals surface area contributed by atoms with Gasteiger partial charge in [-0.15, -0.1) is 0 Å². The van der Waals surface area contributed by atoms with Crippen LogP contribution in [0.3, 0.4) is 0 Å². The van der Waals surface area contributed by atoms with Crippen molar-refractivity contribution >= 4 is 59.4 Å². The van der Waals surface area contributed by atoms with E-state index >= 15 is 0 Å². The van der Waals surface area contributed by atoms with E-state index in [4.69, 9.17) is 19.4 Å². The Labute approximate surface area is 381 Å². The Hall–Kier alpha value is -5.58. The Kier molecular flexibility index (Phi) is 31.0. The number of carbonyl (C=O) groups excluding carboxylic acids is 9. The summed E-state index contributed by atoms with van der Waals surface area (Å²) in [6, 6.07) is -2.63. The highest BCUT2D eigenvalue weighted by Gasteiger charge is 2.28. The smallest absolute Gasteiger partial charge is 0.431 e. The number of hydroxylamine groups is 1. The quantitative estimate of drug-likeness (QED) is 0.0235. The van der Waals surface area contributed by atoms with Crippen LogP contribution < -0.4 is 42.7 Å². The van der Waals surface area contributed by atoms with E-state index in [1.165, 1.54) is 0 Å². The zero-order chi connectivity index (χ0) is 49.3. The molecule has 0 fully saturated rings. The summed E-state index contributed by atoms with van der Waals surface area (Å²) in [4.78, 5) is 126. The lowest BCUT2D eigenvalue weighted by molar-refractivity contribution is -0.159. The number of carbonyl (C=O) groups is 10. The minimum atomic E-state index is -1.47. The van der Waals surface area contributed by atoms with Gasteiger partial charge in [0.25, 0.3) is 0 Å². The van der Waals surface area contributed by atoms with Gasteiger partial charge in [0.1, 0.15) is 23.3 Å². The molecule has 0 spiro atoms. The molecule has 0 aliphatic rings. The van der Waals surface area contributed by atoms with Gasteiger partial charge in [0.2, 0.25) is 41.4 Å². The monoisotopic (exact) mass is 931 g/mol. The molecule has 372 valence electrons. The van der Waals surface area contributed by atoms with E-state index in [2.05, 4.69) is 37.2 Å². The first-order valence-electron chi connectivity index (χ1n) is 22.1. The van der Waals surface area contributed by atoms with Gasteiger partial charge in [-0.3, -0.25) is 43.2 Å². The van der Waals surface area contributed by atoms with Gasteiger partial charge in [-0.1, -0.05) is 57.8 Å². The number of esters is 1. The SMILES string of the molecule is CC(C)(C)OC(=O)NOCCNC(=O)CNC(=O)CNC(=O)CNC(=O)CNC(=O)C(CO)NC(=O)CCC(NC(=O)CCCCCCCCCCCCCC(=O)O)C(=O)OC(C)(C)C. The van der Waals surface area contributed by atoms with E-state index < -0.39 is 110 Å². The fourth-order valence-electron chi connectivity index (χ4n) is 5.50. The summed E-state index contributed by atoms with van der Waals surface area (Å²) >= 11 is 0. The van der Waals surface area contributed by atoms with Gasteiger partial charge >= 0.3 is 18.0 Å². The number of nitrogens with one attached hydrogen (secondary N) is 8. The Balaban J connectivity index is 4.52. The average molecular weight is 931 g/mol. The van der Waals surface area contributed by atoms with Crippen LogP contribution in [-0.4, -0.2) is 139 Å². The maximum absolute atomic E-state index is 12.9. The summed E-state index contributed by atoms with van der Waals surface area (Å²) in [5.41, 5.74) is 0.458. The number of ether oxygens (including phenoxy) is 2. The maximum atomic E-state index is 12.9. The first-order valence-corrected chi connectivity index (χ1v) is 22.1. The maximum Gasteiger partial charge on any atom is 0.431 e. The van der Waals surface area contributed by atoms with Crippen molar-refractivity contribution in [2.75, 3.05) is 45.9 Å². The number of amides is 8. The molecule has 8 amide bonds. The van der Waals surface area contributed by atoms with E-state index in [-0.39, 0.29) is 44.7 Å². The molecule has 0 aliphatic carbocycles. The third-order valence-electron chi connectivity index (χ3n) is 8.66. The lowest BCUT2D eigenvalue weighted by atomic mass is 10.0. The molecule has 0 aromatic heterocycles. The molecule has 0 radical (unpaired) electrons. The number of rotatable bonds is 34. The third kappa shape index (κ3) is 36.5. The summed E-state index contributed by atoms with van der Waals surface area (Å²) in [7, 11) is 0. The summed E-state index contributed by atoms with van der Waals surface area (Å²) in [6.45, 7) is 6.93. The molecule has 10 N–H and O–H groups in total. The van der Waals surface area contributed by atoms with E-state index in [0.29, 0.717) is 12.8 Å². The molecule has 0 saturated carbocycles. The second-order valence-electron chi connectivity index (χ2n) is 17.1. The first kappa shape index (κ1) is 59.4. The van der Waals surface area contributed by atoms with Gasteiger partial charge in [-0.25, -0.2) is 9.59 Å². The third-order valence-corrected chi connectivity index (χ3v) is 8.66. The Morgan fingerprint density at radius 2 is 0.908 bits per heavy atom. The van der Waals surface area contributed by atoms with Crippen molar-refractivity contribution in [3.8, 4) is 0 Å². The number of hydrogen-bond acceptors (Lipinski definition) is 14. The van der Waals surface area contributed by atoms with Crippen molar-refractivity contribution in [2.24, 2.45) is 0 Å². The second-order valence-corrected chi connectivity index (χ2v) is 17.1. The number of carboxylic acid groups (broad SMARTS) is 1. The van der Waals surface area contributed by atoms with E-state index in [1.54, 1.807) is 41.5 Å². The van der Waals surface area contributed by atoms with Gasteiger partial charge in [0.15, 0.2) is 0 Å². The van der Waals surface area contributed by atoms with Crippen molar-refractivity contribution in [3.63, 3.8) is 0 Å². The molecule has 0 aromatic carbocycles. The number of aliphatic hydroxyl groups excluding tert-OH is 1. The summed E-state index contributed by atoms with van der Waals surface area (Å²) in [5.74, 6) is -6.40. The molecule has 0 aliphatic heterocycles. The molecule has 0 heterocycles. The lowest BCUT2D eigenvalue weighted by Crippen LogP contribution is -2.51. The van der Waals surface area contributed by atoms with Crippen LogP contribution in [-0.2, 0) is 57.5 Å². The van der Waals surface area contributed by atoms with E-state index in [0.717, 1.165) is 57.8 Å². The normalized spacial score (nSPS) is 12.0. The minimum absolute atomic E-state index is 0.00329. The highest BCUT2D eigenvalue weighted by Crippen LogP contribution is 2.14. The van der Waals surface area contributed by atoms with Crippen LogP contribution in [0, 0.1) is 0 Å². The second kappa shape index (κ2) is 33.9. The lowest BCUT2D eigenvalue weighted by Gasteiger charge is -2.25.